The van der Waals surface area contributed by atoms with E-state index < -0.39 is 0 Å². The average molecular weight is 499 g/mol. The number of rotatable bonds is 6. The smallest absolute Gasteiger partial charge is 0.292 e. The molecule has 1 fully saturated rings. The van der Waals surface area contributed by atoms with Crippen molar-refractivity contribution >= 4 is 46.2 Å². The molecule has 1 aliphatic rings. The summed E-state index contributed by atoms with van der Waals surface area (Å²) in [6.45, 7) is 4.24. The molecule has 0 saturated carbocycles. The molecule has 4 rings (SSSR count). The molecule has 0 bridgehead atoms. The lowest BCUT2D eigenvalue weighted by Gasteiger charge is -2.36. The van der Waals surface area contributed by atoms with Crippen LogP contribution < -0.4 is 10.2 Å². The van der Waals surface area contributed by atoms with Crippen LogP contribution in [0.15, 0.2) is 66.7 Å². The molecule has 3 aromatic carbocycles. The van der Waals surface area contributed by atoms with E-state index in [1.807, 2.05) is 43.3 Å². The van der Waals surface area contributed by atoms with E-state index in [0.29, 0.717) is 47.5 Å². The van der Waals surface area contributed by atoms with Gasteiger partial charge < -0.3 is 15.1 Å². The number of nitro groups is 1. The predicted molar refractivity (Wildman–Crippen MR) is 136 cm³/mol. The van der Waals surface area contributed by atoms with Gasteiger partial charge in [0.2, 0.25) is 0 Å². The predicted octanol–water partition coefficient (Wildman–Crippen LogP) is 6.04. The van der Waals surface area contributed by atoms with Gasteiger partial charge in [0.15, 0.2) is 0 Å². The molecular weight excluding hydrogens is 475 g/mol. The maximum absolute atomic E-state index is 12.9. The van der Waals surface area contributed by atoms with Crippen molar-refractivity contribution in [3.8, 4) is 0 Å². The van der Waals surface area contributed by atoms with Crippen LogP contribution in [0.5, 0.6) is 0 Å². The van der Waals surface area contributed by atoms with Crippen LogP contribution in [0.2, 0.25) is 10.0 Å². The van der Waals surface area contributed by atoms with E-state index in [2.05, 4.69) is 10.2 Å². The highest BCUT2D eigenvalue weighted by molar-refractivity contribution is 6.42. The second kappa shape index (κ2) is 10.3. The minimum Gasteiger partial charge on any atom is -0.373 e. The zero-order chi connectivity index (χ0) is 24.2. The highest BCUT2D eigenvalue weighted by atomic mass is 35.5. The summed E-state index contributed by atoms with van der Waals surface area (Å²) in [7, 11) is 0. The first-order chi connectivity index (χ1) is 16.3. The third-order valence-electron chi connectivity index (χ3n) is 5.95. The zero-order valence-electron chi connectivity index (χ0n) is 18.6. The van der Waals surface area contributed by atoms with Crippen LogP contribution in [-0.2, 0) is 0 Å². The van der Waals surface area contributed by atoms with Crippen LogP contribution in [0.4, 0.5) is 17.1 Å². The lowest BCUT2D eigenvalue weighted by molar-refractivity contribution is -0.384. The monoisotopic (exact) mass is 498 g/mol. The fraction of sp³-hybridized carbons (Fsp3) is 0.240. The van der Waals surface area contributed by atoms with Crippen LogP contribution in [0.3, 0.4) is 0 Å². The number of benzene rings is 3. The lowest BCUT2D eigenvalue weighted by atomic mass is 10.1. The normalized spacial score (nSPS) is 14.6. The molecule has 1 unspecified atom stereocenters. The van der Waals surface area contributed by atoms with Gasteiger partial charge in [-0.1, -0.05) is 53.5 Å². The quantitative estimate of drug-likeness (QED) is 0.331. The summed E-state index contributed by atoms with van der Waals surface area (Å²) in [5.41, 5.74) is 2.90. The summed E-state index contributed by atoms with van der Waals surface area (Å²) < 4.78 is 0. The molecule has 7 nitrogen and oxygen atoms in total. The SMILES string of the molecule is CC(Nc1cc(N2CCN(C(=O)c3ccc(Cl)c(Cl)c3)CC2)ccc1[N+](=O)[O-])c1ccccc1. The largest absolute Gasteiger partial charge is 0.373 e. The molecule has 0 aromatic heterocycles. The number of nitrogens with one attached hydrogen (secondary N) is 1. The molecule has 34 heavy (non-hydrogen) atoms. The molecule has 1 atom stereocenters. The van der Waals surface area contributed by atoms with Gasteiger partial charge in [-0.15, -0.1) is 0 Å². The van der Waals surface area contributed by atoms with Crippen LogP contribution >= 0.6 is 23.2 Å². The second-order valence-corrected chi connectivity index (χ2v) is 8.96. The van der Waals surface area contributed by atoms with Gasteiger partial charge in [-0.2, -0.15) is 0 Å². The summed E-state index contributed by atoms with van der Waals surface area (Å²) in [6.07, 6.45) is 0. The van der Waals surface area contributed by atoms with Crippen molar-refractivity contribution < 1.29 is 9.72 Å². The van der Waals surface area contributed by atoms with Crippen molar-refractivity contribution in [1.82, 2.24) is 4.90 Å². The van der Waals surface area contributed by atoms with Gasteiger partial charge in [0.1, 0.15) is 5.69 Å². The summed E-state index contributed by atoms with van der Waals surface area (Å²) in [4.78, 5) is 28.0. The highest BCUT2D eigenvalue weighted by Gasteiger charge is 2.24. The number of carbonyl (C=O) groups excluding carboxylic acids is 1. The molecule has 3 aromatic rings. The fourth-order valence-corrected chi connectivity index (χ4v) is 4.33. The maximum Gasteiger partial charge on any atom is 0.292 e. The van der Waals surface area contributed by atoms with Crippen molar-refractivity contribution in [2.24, 2.45) is 0 Å². The molecule has 1 N–H and O–H groups in total. The number of hydrogen-bond acceptors (Lipinski definition) is 5. The molecule has 1 saturated heterocycles. The van der Waals surface area contributed by atoms with Gasteiger partial charge in [0.05, 0.1) is 15.0 Å². The number of anilines is 2. The van der Waals surface area contributed by atoms with Crippen molar-refractivity contribution in [2.45, 2.75) is 13.0 Å². The van der Waals surface area contributed by atoms with E-state index in [0.717, 1.165) is 11.3 Å². The number of carbonyl (C=O) groups is 1. The second-order valence-electron chi connectivity index (χ2n) is 8.14. The molecule has 9 heteroatoms. The lowest BCUT2D eigenvalue weighted by Crippen LogP contribution is -2.48. The van der Waals surface area contributed by atoms with Gasteiger partial charge in [-0.05, 0) is 42.8 Å². The van der Waals surface area contributed by atoms with Gasteiger partial charge in [0, 0.05) is 49.5 Å². The number of halogens is 2. The first-order valence-corrected chi connectivity index (χ1v) is 11.7. The Morgan fingerprint density at radius 3 is 2.32 bits per heavy atom. The third kappa shape index (κ3) is 5.26. The Hall–Kier alpha value is -3.29. The molecule has 0 radical (unpaired) electrons. The van der Waals surface area contributed by atoms with Gasteiger partial charge >= 0.3 is 0 Å². The van der Waals surface area contributed by atoms with E-state index in [-0.39, 0.29) is 22.6 Å². The summed E-state index contributed by atoms with van der Waals surface area (Å²) >= 11 is 12.0. The topological polar surface area (TPSA) is 78.7 Å². The Bertz CT molecular complexity index is 1200. The summed E-state index contributed by atoms with van der Waals surface area (Å²) in [5, 5.41) is 15.7. The number of amides is 1. The highest BCUT2D eigenvalue weighted by Crippen LogP contribution is 2.33. The number of nitro benzene ring substituents is 1. The van der Waals surface area contributed by atoms with Crippen LogP contribution in [0, 0.1) is 10.1 Å². The maximum atomic E-state index is 12.9. The Balaban J connectivity index is 1.47. The van der Waals surface area contributed by atoms with E-state index >= 15 is 0 Å². The minimum atomic E-state index is -0.377. The van der Waals surface area contributed by atoms with Crippen LogP contribution in [0.1, 0.15) is 28.9 Å². The zero-order valence-corrected chi connectivity index (χ0v) is 20.1. The third-order valence-corrected chi connectivity index (χ3v) is 6.69. The summed E-state index contributed by atoms with van der Waals surface area (Å²) in [6, 6.07) is 19.7. The molecule has 1 heterocycles. The number of hydrogen-bond donors (Lipinski definition) is 1. The molecular formula is C25H24Cl2N4O3. The standard InChI is InChI=1S/C25H24Cl2N4O3/c1-17(18-5-3-2-4-6-18)28-23-16-20(8-10-24(23)31(33)34)29-11-13-30(14-12-29)25(32)19-7-9-21(26)22(27)15-19/h2-10,15-17,28H,11-14H2,1H3. The Labute approximate surface area is 208 Å². The Morgan fingerprint density at radius 2 is 1.68 bits per heavy atom. The van der Waals surface area contributed by atoms with Crippen molar-refractivity contribution in [3.05, 3.63) is 98.0 Å². The first-order valence-electron chi connectivity index (χ1n) is 10.9. The van der Waals surface area contributed by atoms with Gasteiger partial charge in [-0.3, -0.25) is 14.9 Å². The van der Waals surface area contributed by atoms with E-state index in [1.165, 1.54) is 6.07 Å². The molecule has 1 amide bonds. The van der Waals surface area contributed by atoms with Crippen molar-refractivity contribution in [3.63, 3.8) is 0 Å². The minimum absolute atomic E-state index is 0.0277. The fourth-order valence-electron chi connectivity index (χ4n) is 4.03. The van der Waals surface area contributed by atoms with E-state index in [9.17, 15) is 14.9 Å². The number of nitrogens with zero attached hydrogens (tertiary/aromatic N) is 3. The molecule has 0 aliphatic carbocycles. The van der Waals surface area contributed by atoms with Gasteiger partial charge in [0.25, 0.3) is 11.6 Å². The van der Waals surface area contributed by atoms with E-state index in [1.54, 1.807) is 29.2 Å². The number of piperazine rings is 1. The van der Waals surface area contributed by atoms with Crippen LogP contribution in [-0.4, -0.2) is 41.9 Å². The van der Waals surface area contributed by atoms with Crippen molar-refractivity contribution in [2.75, 3.05) is 36.4 Å². The van der Waals surface area contributed by atoms with E-state index in [4.69, 9.17) is 23.2 Å². The Kier molecular flexibility index (Phi) is 7.24. The van der Waals surface area contributed by atoms with Crippen LogP contribution in [0.25, 0.3) is 0 Å². The molecule has 1 aliphatic heterocycles. The van der Waals surface area contributed by atoms with Crippen molar-refractivity contribution in [1.29, 1.82) is 0 Å². The molecule has 0 spiro atoms. The molecule has 176 valence electrons. The average Bonchev–Trinajstić information content (AvgIpc) is 2.85. The summed E-state index contributed by atoms with van der Waals surface area (Å²) in [5.74, 6) is -0.0963. The van der Waals surface area contributed by atoms with Gasteiger partial charge in [-0.25, -0.2) is 0 Å². The first kappa shape index (κ1) is 23.9. The Morgan fingerprint density at radius 1 is 0.971 bits per heavy atom.